The van der Waals surface area contributed by atoms with E-state index >= 15 is 0 Å². The maximum atomic E-state index is 5.49. The molecular weight excluding hydrogens is 266 g/mol. The van der Waals surface area contributed by atoms with Gasteiger partial charge in [-0.05, 0) is 38.5 Å². The molecule has 2 fully saturated rings. The molecule has 1 saturated heterocycles. The quantitative estimate of drug-likeness (QED) is 0.919. The maximum Gasteiger partial charge on any atom is 0.323 e. The van der Waals surface area contributed by atoms with Gasteiger partial charge in [-0.15, -0.1) is 0 Å². The lowest BCUT2D eigenvalue weighted by Crippen LogP contribution is -2.47. The third-order valence-corrected chi connectivity index (χ3v) is 4.60. The van der Waals surface area contributed by atoms with Gasteiger partial charge in [0.2, 0.25) is 11.9 Å². The molecule has 1 aromatic heterocycles. The summed E-state index contributed by atoms with van der Waals surface area (Å²) < 4.78 is 5.49. The topological polar surface area (TPSA) is 63.2 Å². The third-order valence-electron chi connectivity index (χ3n) is 4.60. The van der Waals surface area contributed by atoms with E-state index < -0.39 is 0 Å². The van der Waals surface area contributed by atoms with Crippen LogP contribution in [0.3, 0.4) is 0 Å². The Balaban J connectivity index is 1.88. The van der Waals surface area contributed by atoms with E-state index in [0.717, 1.165) is 18.4 Å². The summed E-state index contributed by atoms with van der Waals surface area (Å²) >= 11 is 0. The van der Waals surface area contributed by atoms with Crippen molar-refractivity contribution in [2.24, 2.45) is 5.92 Å². The van der Waals surface area contributed by atoms with Gasteiger partial charge in [-0.3, -0.25) is 0 Å². The Morgan fingerprint density at radius 3 is 2.76 bits per heavy atom. The summed E-state index contributed by atoms with van der Waals surface area (Å²) in [5, 5.41) is 3.01. The molecule has 0 amide bonds. The highest BCUT2D eigenvalue weighted by Gasteiger charge is 2.34. The van der Waals surface area contributed by atoms with E-state index in [4.69, 9.17) is 4.74 Å². The van der Waals surface area contributed by atoms with Crippen molar-refractivity contribution in [3.63, 3.8) is 0 Å². The minimum absolute atomic E-state index is 0.421. The van der Waals surface area contributed by atoms with Gasteiger partial charge in [-0.1, -0.05) is 12.8 Å². The zero-order valence-electron chi connectivity index (χ0n) is 13.0. The van der Waals surface area contributed by atoms with Crippen molar-refractivity contribution < 1.29 is 4.74 Å². The van der Waals surface area contributed by atoms with Crippen LogP contribution in [-0.4, -0.2) is 41.2 Å². The van der Waals surface area contributed by atoms with E-state index in [1.54, 1.807) is 0 Å². The van der Waals surface area contributed by atoms with Crippen molar-refractivity contribution in [3.8, 4) is 6.01 Å². The molecule has 0 radical (unpaired) electrons. The van der Waals surface area contributed by atoms with Gasteiger partial charge < -0.3 is 15.0 Å². The fraction of sp³-hybridized carbons (Fsp3) is 0.800. The summed E-state index contributed by atoms with van der Waals surface area (Å²) in [6, 6.07) is 1.01. The fourth-order valence-corrected chi connectivity index (χ4v) is 3.65. The Hall–Kier alpha value is -1.59. The Kier molecular flexibility index (Phi) is 4.41. The molecule has 3 rings (SSSR count). The highest BCUT2D eigenvalue weighted by molar-refractivity contribution is 5.40. The zero-order valence-corrected chi connectivity index (χ0v) is 13.0. The number of anilines is 2. The van der Waals surface area contributed by atoms with E-state index in [0.29, 0.717) is 24.6 Å². The predicted octanol–water partition coefficient (Wildman–Crippen LogP) is 2.47. The van der Waals surface area contributed by atoms with Gasteiger partial charge >= 0.3 is 6.01 Å². The van der Waals surface area contributed by atoms with Crippen LogP contribution >= 0.6 is 0 Å². The monoisotopic (exact) mass is 291 g/mol. The van der Waals surface area contributed by atoms with Gasteiger partial charge in [-0.25, -0.2) is 0 Å². The number of hydrogen-bond donors (Lipinski definition) is 1. The van der Waals surface area contributed by atoms with Crippen molar-refractivity contribution in [1.29, 1.82) is 0 Å². The van der Waals surface area contributed by atoms with Crippen LogP contribution in [0.4, 0.5) is 11.9 Å². The van der Waals surface area contributed by atoms with Crippen molar-refractivity contribution >= 4 is 11.9 Å². The molecule has 1 aliphatic carbocycles. The Bertz CT molecular complexity index is 479. The van der Waals surface area contributed by atoms with Crippen molar-refractivity contribution in [1.82, 2.24) is 15.0 Å². The number of ether oxygens (including phenoxy) is 1. The largest absolute Gasteiger partial charge is 0.464 e. The van der Waals surface area contributed by atoms with E-state index in [1.807, 2.05) is 14.0 Å². The molecule has 0 bridgehead atoms. The number of piperidine rings is 1. The lowest BCUT2D eigenvalue weighted by Gasteiger charge is -2.44. The molecule has 2 unspecified atom stereocenters. The molecule has 1 N–H and O–H groups in total. The van der Waals surface area contributed by atoms with Crippen molar-refractivity contribution in [3.05, 3.63) is 0 Å². The average Bonchev–Trinajstić information content (AvgIpc) is 2.54. The minimum Gasteiger partial charge on any atom is -0.464 e. The van der Waals surface area contributed by atoms with Gasteiger partial charge in [0.25, 0.3) is 0 Å². The second-order valence-electron chi connectivity index (χ2n) is 5.87. The third kappa shape index (κ3) is 3.04. The molecule has 2 atom stereocenters. The fourth-order valence-electron chi connectivity index (χ4n) is 3.65. The number of nitrogens with zero attached hydrogens (tertiary/aromatic N) is 4. The van der Waals surface area contributed by atoms with Crippen LogP contribution < -0.4 is 15.0 Å². The Labute approximate surface area is 126 Å². The molecule has 0 spiro atoms. The van der Waals surface area contributed by atoms with Gasteiger partial charge in [0.05, 0.1) is 6.61 Å². The standard InChI is InChI=1S/C15H25N5O/c1-3-21-15-18-13(16-2)17-14(19-15)20-10-6-8-11-7-4-5-9-12(11)20/h11-12H,3-10H2,1-2H3,(H,16,17,18,19). The van der Waals surface area contributed by atoms with Gasteiger partial charge in [0.1, 0.15) is 0 Å². The molecule has 2 heterocycles. The summed E-state index contributed by atoms with van der Waals surface area (Å²) in [5.74, 6) is 2.16. The number of rotatable bonds is 4. The Morgan fingerprint density at radius 1 is 1.14 bits per heavy atom. The highest BCUT2D eigenvalue weighted by Crippen LogP contribution is 2.37. The summed E-state index contributed by atoms with van der Waals surface area (Å²) in [5.41, 5.74) is 0. The SMILES string of the molecule is CCOc1nc(NC)nc(N2CCCC3CCCCC32)n1. The van der Waals surface area contributed by atoms with Gasteiger partial charge in [0, 0.05) is 19.6 Å². The minimum atomic E-state index is 0.421. The van der Waals surface area contributed by atoms with Crippen molar-refractivity contribution in [2.45, 2.75) is 51.5 Å². The van der Waals surface area contributed by atoms with Crippen LogP contribution in [0.15, 0.2) is 0 Å². The number of fused-ring (bicyclic) bond motifs is 1. The van der Waals surface area contributed by atoms with Crippen LogP contribution in [0, 0.1) is 5.92 Å². The molecule has 6 nitrogen and oxygen atoms in total. The van der Waals surface area contributed by atoms with Gasteiger partial charge in [-0.2, -0.15) is 15.0 Å². The second kappa shape index (κ2) is 6.45. The molecule has 1 aromatic rings. The molecule has 21 heavy (non-hydrogen) atoms. The number of aromatic nitrogens is 3. The molecule has 1 aliphatic heterocycles. The summed E-state index contributed by atoms with van der Waals surface area (Å²) in [4.78, 5) is 15.7. The summed E-state index contributed by atoms with van der Waals surface area (Å²) in [6.07, 6.45) is 7.88. The van der Waals surface area contributed by atoms with Crippen LogP contribution in [0.5, 0.6) is 6.01 Å². The van der Waals surface area contributed by atoms with E-state index in [1.165, 1.54) is 38.5 Å². The normalized spacial score (nSPS) is 25.3. The average molecular weight is 291 g/mol. The van der Waals surface area contributed by atoms with Crippen LogP contribution in [0.1, 0.15) is 45.4 Å². The molecule has 2 aliphatic rings. The van der Waals surface area contributed by atoms with Crippen LogP contribution in [0.25, 0.3) is 0 Å². The number of hydrogen-bond acceptors (Lipinski definition) is 6. The van der Waals surface area contributed by atoms with E-state index in [9.17, 15) is 0 Å². The smallest absolute Gasteiger partial charge is 0.323 e. The van der Waals surface area contributed by atoms with Crippen LogP contribution in [-0.2, 0) is 0 Å². The lowest BCUT2D eigenvalue weighted by molar-refractivity contribution is 0.240. The molecule has 1 saturated carbocycles. The maximum absolute atomic E-state index is 5.49. The van der Waals surface area contributed by atoms with E-state index in [-0.39, 0.29) is 0 Å². The second-order valence-corrected chi connectivity index (χ2v) is 5.87. The first-order chi connectivity index (χ1) is 10.3. The zero-order chi connectivity index (χ0) is 14.7. The van der Waals surface area contributed by atoms with Gasteiger partial charge in [0.15, 0.2) is 0 Å². The molecule has 0 aromatic carbocycles. The first-order valence-electron chi connectivity index (χ1n) is 8.15. The lowest BCUT2D eigenvalue weighted by atomic mass is 9.78. The first kappa shape index (κ1) is 14.4. The number of nitrogens with one attached hydrogen (secondary N) is 1. The Morgan fingerprint density at radius 2 is 1.95 bits per heavy atom. The molecule has 116 valence electrons. The van der Waals surface area contributed by atoms with Crippen LogP contribution in [0.2, 0.25) is 0 Å². The summed E-state index contributed by atoms with van der Waals surface area (Å²) in [6.45, 7) is 3.55. The highest BCUT2D eigenvalue weighted by atomic mass is 16.5. The van der Waals surface area contributed by atoms with Crippen molar-refractivity contribution in [2.75, 3.05) is 30.4 Å². The molecule has 6 heteroatoms. The first-order valence-corrected chi connectivity index (χ1v) is 8.15. The van der Waals surface area contributed by atoms with E-state index in [2.05, 4.69) is 25.2 Å². The molecular formula is C15H25N5O. The predicted molar refractivity (Wildman–Crippen MR) is 82.9 cm³/mol. The summed E-state index contributed by atoms with van der Waals surface area (Å²) in [7, 11) is 1.83.